The van der Waals surface area contributed by atoms with E-state index >= 15 is 0 Å². The quantitative estimate of drug-likeness (QED) is 0.649. The summed E-state index contributed by atoms with van der Waals surface area (Å²) in [6.07, 6.45) is 1.48. The minimum atomic E-state index is -0.261. The van der Waals surface area contributed by atoms with Gasteiger partial charge in [-0.1, -0.05) is 0 Å². The van der Waals surface area contributed by atoms with Crippen molar-refractivity contribution in [2.75, 3.05) is 23.4 Å². The fourth-order valence-electron chi connectivity index (χ4n) is 3.21. The second-order valence-electron chi connectivity index (χ2n) is 6.65. The molecule has 0 aliphatic carbocycles. The number of hydrogen-bond acceptors (Lipinski definition) is 5. The van der Waals surface area contributed by atoms with E-state index in [0.29, 0.717) is 24.4 Å². The number of nitrogens with zero attached hydrogens (tertiary/aromatic N) is 2. The van der Waals surface area contributed by atoms with Gasteiger partial charge in [0.1, 0.15) is 16.5 Å². The first-order valence-electron chi connectivity index (χ1n) is 9.54. The second kappa shape index (κ2) is 8.45. The van der Waals surface area contributed by atoms with Crippen LogP contribution >= 0.6 is 11.3 Å². The van der Waals surface area contributed by atoms with Gasteiger partial charge in [-0.15, -0.1) is 11.3 Å². The van der Waals surface area contributed by atoms with Gasteiger partial charge in [0, 0.05) is 35.3 Å². The molecular weight excluding hydrogens is 386 g/mol. The summed E-state index contributed by atoms with van der Waals surface area (Å²) < 4.78 is 5.45. The van der Waals surface area contributed by atoms with Crippen LogP contribution in [0.1, 0.15) is 30.3 Å². The molecule has 1 aliphatic heterocycles. The van der Waals surface area contributed by atoms with Crippen LogP contribution in [-0.4, -0.2) is 29.9 Å². The molecule has 0 unspecified atom stereocenters. The van der Waals surface area contributed by atoms with Crippen LogP contribution in [0.3, 0.4) is 0 Å². The number of carbonyl (C=O) groups is 2. The van der Waals surface area contributed by atoms with Gasteiger partial charge >= 0.3 is 0 Å². The molecule has 29 heavy (non-hydrogen) atoms. The summed E-state index contributed by atoms with van der Waals surface area (Å²) >= 11 is 1.42. The van der Waals surface area contributed by atoms with E-state index in [9.17, 15) is 9.59 Å². The van der Waals surface area contributed by atoms with E-state index in [0.717, 1.165) is 35.0 Å². The molecule has 0 saturated carbocycles. The number of benzene rings is 2. The lowest BCUT2D eigenvalue weighted by atomic mass is 10.2. The van der Waals surface area contributed by atoms with E-state index < -0.39 is 0 Å². The van der Waals surface area contributed by atoms with E-state index in [2.05, 4.69) is 10.3 Å². The van der Waals surface area contributed by atoms with Crippen molar-refractivity contribution >= 4 is 34.5 Å². The molecule has 1 aromatic heterocycles. The predicted molar refractivity (Wildman–Crippen MR) is 115 cm³/mol. The van der Waals surface area contributed by atoms with E-state index in [-0.39, 0.29) is 11.8 Å². The standard InChI is InChI=1S/C22H21N3O3S/c1-2-28-18-11-5-15(6-12-18)22-24-19(14-29-22)21(27)23-16-7-9-17(10-8-16)25-13-3-4-20(25)26/h5-12,14H,2-4,13H2,1H3,(H,23,27). The number of anilines is 2. The molecule has 148 valence electrons. The lowest BCUT2D eigenvalue weighted by Crippen LogP contribution is -2.23. The predicted octanol–water partition coefficient (Wildman–Crippen LogP) is 4.59. The molecule has 2 amide bonds. The Morgan fingerprint density at radius 3 is 2.59 bits per heavy atom. The maximum Gasteiger partial charge on any atom is 0.275 e. The van der Waals surface area contributed by atoms with Gasteiger partial charge in [0.2, 0.25) is 5.91 Å². The lowest BCUT2D eigenvalue weighted by Gasteiger charge is -2.16. The number of nitrogens with one attached hydrogen (secondary N) is 1. The van der Waals surface area contributed by atoms with Crippen molar-refractivity contribution in [1.82, 2.24) is 4.98 Å². The molecule has 0 bridgehead atoms. The zero-order chi connectivity index (χ0) is 20.2. The van der Waals surface area contributed by atoms with Crippen LogP contribution < -0.4 is 15.0 Å². The molecular formula is C22H21N3O3S. The van der Waals surface area contributed by atoms with Crippen LogP contribution in [0.5, 0.6) is 5.75 Å². The normalized spacial score (nSPS) is 13.6. The summed E-state index contributed by atoms with van der Waals surface area (Å²) in [6, 6.07) is 15.0. The van der Waals surface area contributed by atoms with Gasteiger partial charge in [-0.25, -0.2) is 4.98 Å². The number of thiazole rings is 1. The Balaban J connectivity index is 1.42. The average molecular weight is 407 g/mol. The van der Waals surface area contributed by atoms with E-state index in [1.807, 2.05) is 43.3 Å². The molecule has 1 fully saturated rings. The molecule has 0 atom stereocenters. The highest BCUT2D eigenvalue weighted by molar-refractivity contribution is 7.13. The zero-order valence-corrected chi connectivity index (χ0v) is 16.9. The van der Waals surface area contributed by atoms with Crippen molar-refractivity contribution in [3.05, 3.63) is 59.6 Å². The molecule has 6 nitrogen and oxygen atoms in total. The highest BCUT2D eigenvalue weighted by Crippen LogP contribution is 2.27. The van der Waals surface area contributed by atoms with Crippen molar-refractivity contribution in [1.29, 1.82) is 0 Å². The molecule has 2 aromatic carbocycles. The van der Waals surface area contributed by atoms with Gasteiger partial charge in [0.25, 0.3) is 5.91 Å². The van der Waals surface area contributed by atoms with Gasteiger partial charge in [-0.05, 0) is 61.9 Å². The minimum Gasteiger partial charge on any atom is -0.494 e. The van der Waals surface area contributed by atoms with Gasteiger partial charge < -0.3 is 15.0 Å². The van der Waals surface area contributed by atoms with E-state index in [1.54, 1.807) is 22.4 Å². The fourth-order valence-corrected chi connectivity index (χ4v) is 4.02. The molecule has 1 aliphatic rings. The maximum absolute atomic E-state index is 12.5. The Kier molecular flexibility index (Phi) is 5.57. The SMILES string of the molecule is CCOc1ccc(-c2nc(C(=O)Nc3ccc(N4CCCC4=O)cc3)cs2)cc1. The Labute approximate surface area is 173 Å². The topological polar surface area (TPSA) is 71.5 Å². The first kappa shape index (κ1) is 19.1. The van der Waals surface area contributed by atoms with Gasteiger partial charge in [-0.2, -0.15) is 0 Å². The number of hydrogen-bond donors (Lipinski definition) is 1. The first-order chi connectivity index (χ1) is 14.1. The van der Waals surface area contributed by atoms with Crippen molar-refractivity contribution in [3.63, 3.8) is 0 Å². The third kappa shape index (κ3) is 4.30. The summed E-state index contributed by atoms with van der Waals surface area (Å²) in [4.78, 5) is 30.6. The van der Waals surface area contributed by atoms with Crippen molar-refractivity contribution in [2.24, 2.45) is 0 Å². The Bertz CT molecular complexity index is 1010. The smallest absolute Gasteiger partial charge is 0.275 e. The van der Waals surface area contributed by atoms with Crippen LogP contribution in [-0.2, 0) is 4.79 Å². The molecule has 0 spiro atoms. The molecule has 4 rings (SSSR count). The van der Waals surface area contributed by atoms with Crippen LogP contribution in [0.4, 0.5) is 11.4 Å². The zero-order valence-electron chi connectivity index (χ0n) is 16.1. The summed E-state index contributed by atoms with van der Waals surface area (Å²) in [6.45, 7) is 3.31. The number of rotatable bonds is 6. The molecule has 2 heterocycles. The van der Waals surface area contributed by atoms with Crippen molar-refractivity contribution in [2.45, 2.75) is 19.8 Å². The molecule has 0 radical (unpaired) electrons. The monoisotopic (exact) mass is 407 g/mol. The third-order valence-electron chi connectivity index (χ3n) is 4.66. The number of amides is 2. The summed E-state index contributed by atoms with van der Waals surface area (Å²) in [5.41, 5.74) is 2.84. The van der Waals surface area contributed by atoms with Gasteiger partial charge in [0.05, 0.1) is 6.61 Å². The Morgan fingerprint density at radius 1 is 1.17 bits per heavy atom. The lowest BCUT2D eigenvalue weighted by molar-refractivity contribution is -0.117. The summed E-state index contributed by atoms with van der Waals surface area (Å²) in [5, 5.41) is 5.39. The number of carbonyl (C=O) groups excluding carboxylic acids is 2. The van der Waals surface area contributed by atoms with Crippen molar-refractivity contribution < 1.29 is 14.3 Å². The highest BCUT2D eigenvalue weighted by Gasteiger charge is 2.21. The molecule has 1 saturated heterocycles. The van der Waals surface area contributed by atoms with Crippen LogP contribution in [0.25, 0.3) is 10.6 Å². The molecule has 1 N–H and O–H groups in total. The summed E-state index contributed by atoms with van der Waals surface area (Å²) in [7, 11) is 0. The Morgan fingerprint density at radius 2 is 1.93 bits per heavy atom. The average Bonchev–Trinajstić information content (AvgIpc) is 3.39. The third-order valence-corrected chi connectivity index (χ3v) is 5.55. The Hall–Kier alpha value is -3.19. The van der Waals surface area contributed by atoms with Gasteiger partial charge in [0.15, 0.2) is 0 Å². The number of ether oxygens (including phenoxy) is 1. The first-order valence-corrected chi connectivity index (χ1v) is 10.4. The van der Waals surface area contributed by atoms with Crippen molar-refractivity contribution in [3.8, 4) is 16.3 Å². The summed E-state index contributed by atoms with van der Waals surface area (Å²) in [5.74, 6) is 0.694. The van der Waals surface area contributed by atoms with E-state index in [4.69, 9.17) is 4.74 Å². The second-order valence-corrected chi connectivity index (χ2v) is 7.50. The highest BCUT2D eigenvalue weighted by atomic mass is 32.1. The number of aromatic nitrogens is 1. The fraction of sp³-hybridized carbons (Fsp3) is 0.227. The van der Waals surface area contributed by atoms with Crippen LogP contribution in [0, 0.1) is 0 Å². The molecule has 7 heteroatoms. The van der Waals surface area contributed by atoms with Crippen LogP contribution in [0.2, 0.25) is 0 Å². The maximum atomic E-state index is 12.5. The molecule has 3 aromatic rings. The van der Waals surface area contributed by atoms with Crippen LogP contribution in [0.15, 0.2) is 53.9 Å². The minimum absolute atomic E-state index is 0.145. The van der Waals surface area contributed by atoms with E-state index in [1.165, 1.54) is 11.3 Å². The van der Waals surface area contributed by atoms with Gasteiger partial charge in [-0.3, -0.25) is 9.59 Å². The largest absolute Gasteiger partial charge is 0.494 e.